The molecule has 2 aliphatic rings. The van der Waals surface area contributed by atoms with E-state index >= 15 is 0 Å². The van der Waals surface area contributed by atoms with Gasteiger partial charge in [-0.15, -0.1) is 0 Å². The molecular weight excluding hydrogens is 324 g/mol. The number of methoxy groups -OCH3 is 1. The summed E-state index contributed by atoms with van der Waals surface area (Å²) in [5.74, 6) is 2.52. The first-order valence-corrected chi connectivity index (χ1v) is 10.3. The Bertz CT molecular complexity index is 544. The molecule has 0 aromatic rings. The van der Waals surface area contributed by atoms with E-state index < -0.39 is 0 Å². The maximum atomic E-state index is 12.0. The molecular formula is C23H34O3. The molecule has 4 atom stereocenters. The Labute approximate surface area is 158 Å². The van der Waals surface area contributed by atoms with E-state index in [0.29, 0.717) is 36.5 Å². The van der Waals surface area contributed by atoms with E-state index in [9.17, 15) is 9.59 Å². The lowest BCUT2D eigenvalue weighted by Gasteiger charge is -2.24. The van der Waals surface area contributed by atoms with Crippen LogP contribution in [0.2, 0.25) is 0 Å². The van der Waals surface area contributed by atoms with Crippen LogP contribution < -0.4 is 0 Å². The average Bonchev–Trinajstić information content (AvgIpc) is 3.24. The fourth-order valence-electron chi connectivity index (χ4n) is 4.27. The number of carbonyl (C=O) groups is 2. The topological polar surface area (TPSA) is 43.4 Å². The predicted molar refractivity (Wildman–Crippen MR) is 106 cm³/mol. The first-order chi connectivity index (χ1) is 12.7. The number of carbonyl (C=O) groups excluding carboxylic acids is 2. The van der Waals surface area contributed by atoms with Crippen LogP contribution in [-0.2, 0) is 14.3 Å². The molecule has 0 spiro atoms. The lowest BCUT2D eigenvalue weighted by molar-refractivity contribution is -0.140. The van der Waals surface area contributed by atoms with Gasteiger partial charge in [0, 0.05) is 12.8 Å². The number of rotatable bonds is 12. The molecule has 0 N–H and O–H groups in total. The van der Waals surface area contributed by atoms with Crippen LogP contribution in [0.5, 0.6) is 0 Å². The lowest BCUT2D eigenvalue weighted by atomic mass is 9.80. The van der Waals surface area contributed by atoms with Crippen molar-refractivity contribution in [3.63, 3.8) is 0 Å². The summed E-state index contributed by atoms with van der Waals surface area (Å²) in [7, 11) is 1.43. The van der Waals surface area contributed by atoms with E-state index in [-0.39, 0.29) is 11.8 Å². The Hall–Kier alpha value is -1.64. The standard InChI is InChI=1S/C23H34O3/c1-3-4-7-10-20(24)15-16-22-19-14-13-18(17-19)21(22)11-8-5-6-9-12-23(25)26-2/h5,8,13-16,18-19,21-22H,3-4,6-7,9-12,17H2,1-2H3/b8-5-,16-15?/t18-,19-,21?,22?/m0/s1. The number of hydrogen-bond acceptors (Lipinski definition) is 3. The van der Waals surface area contributed by atoms with Crippen LogP contribution in [0.4, 0.5) is 0 Å². The Morgan fingerprint density at radius 3 is 2.65 bits per heavy atom. The number of ether oxygens (including phenoxy) is 1. The molecule has 2 rings (SSSR count). The third-order valence-electron chi connectivity index (χ3n) is 5.77. The van der Waals surface area contributed by atoms with E-state index in [0.717, 1.165) is 38.5 Å². The van der Waals surface area contributed by atoms with Crippen molar-refractivity contribution in [2.75, 3.05) is 7.11 Å². The predicted octanol–water partition coefficient (Wildman–Crippen LogP) is 5.42. The molecule has 1 fully saturated rings. The number of hydrogen-bond donors (Lipinski definition) is 0. The van der Waals surface area contributed by atoms with Gasteiger partial charge in [0.1, 0.15) is 0 Å². The summed E-state index contributed by atoms with van der Waals surface area (Å²) in [6.45, 7) is 2.16. The van der Waals surface area contributed by atoms with Crippen LogP contribution in [0.15, 0.2) is 36.5 Å². The van der Waals surface area contributed by atoms with Crippen molar-refractivity contribution in [1.29, 1.82) is 0 Å². The molecule has 2 aliphatic carbocycles. The normalized spacial score (nSPS) is 27.0. The van der Waals surface area contributed by atoms with E-state index in [1.54, 1.807) is 0 Å². The van der Waals surface area contributed by atoms with E-state index in [2.05, 4.69) is 42.0 Å². The highest BCUT2D eigenvalue weighted by molar-refractivity contribution is 5.89. The number of allylic oxidation sites excluding steroid dienone is 6. The molecule has 0 saturated heterocycles. The molecule has 144 valence electrons. The monoisotopic (exact) mass is 358 g/mol. The molecule has 3 heteroatoms. The summed E-state index contributed by atoms with van der Waals surface area (Å²) >= 11 is 0. The second-order valence-corrected chi connectivity index (χ2v) is 7.65. The highest BCUT2D eigenvalue weighted by Gasteiger charge is 2.42. The van der Waals surface area contributed by atoms with Gasteiger partial charge in [0.15, 0.2) is 5.78 Å². The highest BCUT2D eigenvalue weighted by Crippen LogP contribution is 2.50. The summed E-state index contributed by atoms with van der Waals surface area (Å²) in [6, 6.07) is 0. The van der Waals surface area contributed by atoms with Crippen LogP contribution in [0.3, 0.4) is 0 Å². The van der Waals surface area contributed by atoms with Gasteiger partial charge in [0.2, 0.25) is 0 Å². The Kier molecular flexibility index (Phi) is 8.87. The van der Waals surface area contributed by atoms with Gasteiger partial charge < -0.3 is 4.74 Å². The quantitative estimate of drug-likeness (QED) is 0.202. The fourth-order valence-corrected chi connectivity index (χ4v) is 4.27. The summed E-state index contributed by atoms with van der Waals surface area (Å²) in [5, 5.41) is 0. The zero-order valence-electron chi connectivity index (χ0n) is 16.4. The summed E-state index contributed by atoms with van der Waals surface area (Å²) in [6.07, 6.45) is 21.7. The van der Waals surface area contributed by atoms with Crippen molar-refractivity contribution in [2.24, 2.45) is 23.7 Å². The molecule has 0 amide bonds. The van der Waals surface area contributed by atoms with Crippen LogP contribution in [0.1, 0.15) is 64.7 Å². The first-order valence-electron chi connectivity index (χ1n) is 10.3. The van der Waals surface area contributed by atoms with Crippen LogP contribution in [0.25, 0.3) is 0 Å². The number of esters is 1. The second-order valence-electron chi connectivity index (χ2n) is 7.65. The van der Waals surface area contributed by atoms with Gasteiger partial charge in [-0.25, -0.2) is 0 Å². The summed E-state index contributed by atoms with van der Waals surface area (Å²) < 4.78 is 4.66. The van der Waals surface area contributed by atoms with Gasteiger partial charge in [-0.3, -0.25) is 9.59 Å². The van der Waals surface area contributed by atoms with Crippen LogP contribution in [0, 0.1) is 23.7 Å². The second kappa shape index (κ2) is 11.2. The van der Waals surface area contributed by atoms with Crippen molar-refractivity contribution >= 4 is 11.8 Å². The highest BCUT2D eigenvalue weighted by atomic mass is 16.5. The van der Waals surface area contributed by atoms with Crippen molar-refractivity contribution in [1.82, 2.24) is 0 Å². The third kappa shape index (κ3) is 6.26. The minimum absolute atomic E-state index is 0.134. The van der Waals surface area contributed by atoms with Gasteiger partial charge in [-0.1, -0.05) is 50.1 Å². The SMILES string of the molecule is CCCCCC(=O)C=CC1C(C/C=C\CCCC(=O)OC)[C@H]2C=C[C@H]1C2. The van der Waals surface area contributed by atoms with Crippen molar-refractivity contribution in [3.05, 3.63) is 36.5 Å². The molecule has 2 bridgehead atoms. The minimum atomic E-state index is -0.134. The minimum Gasteiger partial charge on any atom is -0.469 e. The zero-order valence-corrected chi connectivity index (χ0v) is 16.4. The fraction of sp³-hybridized carbons (Fsp3) is 0.652. The summed E-state index contributed by atoms with van der Waals surface area (Å²) in [4.78, 5) is 23.1. The number of fused-ring (bicyclic) bond motifs is 2. The molecule has 0 aromatic carbocycles. The van der Waals surface area contributed by atoms with Crippen molar-refractivity contribution in [3.8, 4) is 0 Å². The molecule has 1 saturated carbocycles. The first kappa shape index (κ1) is 20.7. The van der Waals surface area contributed by atoms with Gasteiger partial charge >= 0.3 is 5.97 Å². The molecule has 0 aliphatic heterocycles. The Morgan fingerprint density at radius 1 is 1.08 bits per heavy atom. The summed E-state index contributed by atoms with van der Waals surface area (Å²) in [5.41, 5.74) is 0. The van der Waals surface area contributed by atoms with Crippen molar-refractivity contribution < 1.29 is 14.3 Å². The molecule has 0 heterocycles. The van der Waals surface area contributed by atoms with Gasteiger partial charge in [-0.05, 0) is 61.9 Å². The van der Waals surface area contributed by atoms with Gasteiger partial charge in [0.25, 0.3) is 0 Å². The van der Waals surface area contributed by atoms with Crippen molar-refractivity contribution in [2.45, 2.75) is 64.7 Å². The molecule has 0 aromatic heterocycles. The van der Waals surface area contributed by atoms with Crippen LogP contribution >= 0.6 is 0 Å². The maximum absolute atomic E-state index is 12.0. The van der Waals surface area contributed by atoms with Crippen LogP contribution in [-0.4, -0.2) is 18.9 Å². The van der Waals surface area contributed by atoms with Gasteiger partial charge in [-0.2, -0.15) is 0 Å². The Morgan fingerprint density at radius 2 is 1.88 bits per heavy atom. The molecule has 3 nitrogen and oxygen atoms in total. The van der Waals surface area contributed by atoms with E-state index in [4.69, 9.17) is 0 Å². The Balaban J connectivity index is 1.78. The smallest absolute Gasteiger partial charge is 0.305 e. The van der Waals surface area contributed by atoms with E-state index in [1.165, 1.54) is 13.5 Å². The molecule has 0 radical (unpaired) electrons. The number of ketones is 1. The van der Waals surface area contributed by atoms with Gasteiger partial charge in [0.05, 0.1) is 7.11 Å². The third-order valence-corrected chi connectivity index (χ3v) is 5.77. The zero-order chi connectivity index (χ0) is 18.8. The maximum Gasteiger partial charge on any atom is 0.305 e. The largest absolute Gasteiger partial charge is 0.469 e. The number of unbranched alkanes of at least 4 members (excludes halogenated alkanes) is 3. The lowest BCUT2D eigenvalue weighted by Crippen LogP contribution is -2.17. The molecule has 2 unspecified atom stereocenters. The molecule has 26 heavy (non-hydrogen) atoms. The van der Waals surface area contributed by atoms with E-state index in [1.807, 2.05) is 6.08 Å². The average molecular weight is 359 g/mol.